The molecule has 0 heterocycles. The monoisotopic (exact) mass is 608 g/mol. The molecule has 0 aromatic heterocycles. The minimum absolute atomic E-state index is 0.0990. The molecule has 3 rings (SSSR count). The van der Waals surface area contributed by atoms with E-state index in [-0.39, 0.29) is 63.7 Å². The Kier molecular flexibility index (Phi) is 11.1. The molecule has 2 aromatic rings. The summed E-state index contributed by atoms with van der Waals surface area (Å²) in [6.07, 6.45) is 6.69. The molecule has 0 radical (unpaired) electrons. The van der Waals surface area contributed by atoms with Crippen LogP contribution >= 0.6 is 0 Å². The first-order valence-corrected chi connectivity index (χ1v) is 15.4. The van der Waals surface area contributed by atoms with Crippen LogP contribution in [0, 0.1) is 0 Å². The maximum Gasteiger partial charge on any atom is 0.294 e. The Bertz CT molecular complexity index is 1540. The molecule has 0 unspecified atom stereocenters. The van der Waals surface area contributed by atoms with Crippen LogP contribution in [-0.4, -0.2) is 109 Å². The smallest absolute Gasteiger partial charge is 0.294 e. The van der Waals surface area contributed by atoms with Crippen LogP contribution in [0.1, 0.15) is 11.1 Å². The lowest BCUT2D eigenvalue weighted by Gasteiger charge is -2.24. The van der Waals surface area contributed by atoms with Gasteiger partial charge in [0.2, 0.25) is 0 Å². The largest absolute Gasteiger partial charge is 0.744 e. The van der Waals surface area contributed by atoms with E-state index in [0.717, 1.165) is 12.1 Å². The fourth-order valence-electron chi connectivity index (χ4n) is 4.45. The minimum atomic E-state index is -5.22. The number of benzene rings is 2. The van der Waals surface area contributed by atoms with Gasteiger partial charge in [0, 0.05) is 36.5 Å². The van der Waals surface area contributed by atoms with Crippen molar-refractivity contribution in [2.24, 2.45) is 0 Å². The van der Waals surface area contributed by atoms with Crippen molar-refractivity contribution in [3.8, 4) is 0 Å². The highest BCUT2D eigenvalue weighted by Gasteiger charge is 2.22. The van der Waals surface area contributed by atoms with Gasteiger partial charge in [-0.3, -0.25) is 4.55 Å². The third kappa shape index (κ3) is 8.18. The van der Waals surface area contributed by atoms with Gasteiger partial charge in [-0.15, -0.1) is 0 Å². The van der Waals surface area contributed by atoms with Crippen molar-refractivity contribution >= 4 is 37.2 Å². The first-order valence-electron chi connectivity index (χ1n) is 12.5. The summed E-state index contributed by atoms with van der Waals surface area (Å²) in [6.45, 7) is 0.411. The Morgan fingerprint density at radius 3 is 1.80 bits per heavy atom. The number of rotatable bonds is 13. The third-order valence-corrected chi connectivity index (χ3v) is 8.04. The number of nitrogens with zero attached hydrogens (tertiary/aromatic N) is 2. The summed E-state index contributed by atoms with van der Waals surface area (Å²) in [6, 6.07) is 9.44. The summed E-state index contributed by atoms with van der Waals surface area (Å²) in [7, 11) is -10.0. The quantitative estimate of drug-likeness (QED) is 0.151. The van der Waals surface area contributed by atoms with Crippen LogP contribution in [0.3, 0.4) is 0 Å². The van der Waals surface area contributed by atoms with Crippen molar-refractivity contribution in [2.45, 2.75) is 9.79 Å². The molecule has 222 valence electrons. The topological polar surface area (TPSA) is 199 Å². The molecule has 0 saturated carbocycles. The van der Waals surface area contributed by atoms with Crippen molar-refractivity contribution in [1.82, 2.24) is 0 Å². The molecule has 0 fully saturated rings. The second-order valence-electron chi connectivity index (χ2n) is 8.92. The summed E-state index contributed by atoms with van der Waals surface area (Å²) >= 11 is 0. The lowest BCUT2D eigenvalue weighted by atomic mass is 9.90. The number of allylic oxidation sites excluding steroid dienone is 5. The Balaban J connectivity index is 2.28. The predicted molar refractivity (Wildman–Crippen MR) is 151 cm³/mol. The van der Waals surface area contributed by atoms with Crippen LogP contribution in [0.4, 0.5) is 5.69 Å². The van der Waals surface area contributed by atoms with E-state index < -0.39 is 30.0 Å². The Labute approximate surface area is 238 Å². The van der Waals surface area contributed by atoms with E-state index >= 15 is 0 Å². The first kappa shape index (κ1) is 32.3. The van der Waals surface area contributed by atoms with Gasteiger partial charge in [-0.2, -0.15) is 8.42 Å². The molecular weight excluding hydrogens is 576 g/mol. The van der Waals surface area contributed by atoms with Crippen LogP contribution in [0.25, 0.3) is 5.57 Å². The Morgan fingerprint density at radius 1 is 0.780 bits per heavy atom. The van der Waals surface area contributed by atoms with Gasteiger partial charge >= 0.3 is 0 Å². The van der Waals surface area contributed by atoms with Crippen LogP contribution < -0.4 is 4.90 Å². The molecule has 2 aromatic carbocycles. The second-order valence-corrected chi connectivity index (χ2v) is 11.7. The lowest BCUT2D eigenvalue weighted by Crippen LogP contribution is -2.29. The molecule has 5 N–H and O–H groups in total. The van der Waals surface area contributed by atoms with Gasteiger partial charge in [0.1, 0.15) is 23.3 Å². The SMILES string of the molecule is O=S(=O)([O-])c1cc(S(=O)(=O)O)ccc1C(=C1C=CC(=[N+](CCO)CCO)C=C1)c1ccc(N(CCO)CCO)cc1. The van der Waals surface area contributed by atoms with Gasteiger partial charge in [0.25, 0.3) is 10.1 Å². The molecule has 41 heavy (non-hydrogen) atoms. The fraction of sp³-hybridized carbons (Fsp3) is 0.296. The second kappa shape index (κ2) is 14.1. The summed E-state index contributed by atoms with van der Waals surface area (Å²) in [5, 5.41) is 37.5. The van der Waals surface area contributed by atoms with E-state index in [1.54, 1.807) is 58.0 Å². The maximum absolute atomic E-state index is 12.3. The van der Waals surface area contributed by atoms with E-state index in [1.165, 1.54) is 0 Å². The lowest BCUT2D eigenvalue weighted by molar-refractivity contribution is -0.530. The average Bonchev–Trinajstić information content (AvgIpc) is 2.93. The zero-order valence-corrected chi connectivity index (χ0v) is 23.6. The highest BCUT2D eigenvalue weighted by molar-refractivity contribution is 7.86. The average molecular weight is 609 g/mol. The molecule has 0 amide bonds. The molecule has 1 aliphatic rings. The van der Waals surface area contributed by atoms with E-state index in [0.29, 0.717) is 28.6 Å². The van der Waals surface area contributed by atoms with Crippen molar-refractivity contribution in [3.63, 3.8) is 0 Å². The highest BCUT2D eigenvalue weighted by atomic mass is 32.2. The van der Waals surface area contributed by atoms with Gasteiger partial charge in [-0.1, -0.05) is 18.2 Å². The Hall–Kier alpha value is -3.21. The predicted octanol–water partition coefficient (Wildman–Crippen LogP) is -0.00560. The van der Waals surface area contributed by atoms with E-state index in [4.69, 9.17) is 0 Å². The molecule has 0 spiro atoms. The van der Waals surface area contributed by atoms with E-state index in [1.807, 2.05) is 0 Å². The number of hydrogen-bond acceptors (Lipinski definition) is 10. The molecule has 1 aliphatic carbocycles. The number of hydrogen-bond donors (Lipinski definition) is 5. The normalized spacial score (nSPS) is 13.5. The minimum Gasteiger partial charge on any atom is -0.744 e. The molecule has 0 bridgehead atoms. The van der Waals surface area contributed by atoms with Gasteiger partial charge in [0.15, 0.2) is 18.8 Å². The molecule has 12 nitrogen and oxygen atoms in total. The molecule has 0 aliphatic heterocycles. The maximum atomic E-state index is 12.3. The first-order chi connectivity index (χ1) is 19.4. The van der Waals surface area contributed by atoms with Crippen LogP contribution in [0.5, 0.6) is 0 Å². The number of anilines is 1. The fourth-order valence-corrected chi connectivity index (χ4v) is 5.75. The summed E-state index contributed by atoms with van der Waals surface area (Å²) < 4.78 is 71.6. The zero-order chi connectivity index (χ0) is 30.2. The number of aliphatic hydroxyl groups excluding tert-OH is 4. The van der Waals surface area contributed by atoms with Gasteiger partial charge in [0.05, 0.1) is 23.0 Å². The zero-order valence-electron chi connectivity index (χ0n) is 22.0. The molecular formula is C27H32N2O10S2. The molecule has 0 atom stereocenters. The van der Waals surface area contributed by atoms with Gasteiger partial charge in [-0.25, -0.2) is 13.0 Å². The standard InChI is InChI=1S/C27H32N2O10S2/c30-15-11-28(12-16-31)22-5-1-20(2-6-22)27(21-3-7-23(8-4-21)29(13-17-32)14-18-33)25-10-9-24(40(34,35)36)19-26(25)41(37,38)39/h1-10,19,30-33H,11-18H2,(H-,34,35,36,37,38,39). The van der Waals surface area contributed by atoms with E-state index in [2.05, 4.69) is 0 Å². The third-order valence-electron chi connectivity index (χ3n) is 6.31. The highest BCUT2D eigenvalue weighted by Crippen LogP contribution is 2.35. The van der Waals surface area contributed by atoms with Gasteiger partial charge in [-0.05, 0) is 53.1 Å². The van der Waals surface area contributed by atoms with Crippen LogP contribution in [0.15, 0.2) is 82.1 Å². The Morgan fingerprint density at radius 2 is 1.34 bits per heavy atom. The van der Waals surface area contributed by atoms with Crippen molar-refractivity contribution in [1.29, 1.82) is 0 Å². The van der Waals surface area contributed by atoms with E-state index in [9.17, 15) is 46.4 Å². The number of aliphatic hydroxyl groups is 4. The molecule has 0 saturated heterocycles. The van der Waals surface area contributed by atoms with Crippen LogP contribution in [0.2, 0.25) is 0 Å². The van der Waals surface area contributed by atoms with Crippen LogP contribution in [-0.2, 0) is 20.2 Å². The summed E-state index contributed by atoms with van der Waals surface area (Å²) in [4.78, 5) is 0.136. The van der Waals surface area contributed by atoms with Crippen molar-refractivity contribution in [3.05, 3.63) is 83.5 Å². The molecule has 14 heteroatoms. The van der Waals surface area contributed by atoms with Crippen molar-refractivity contribution < 1.29 is 50.9 Å². The van der Waals surface area contributed by atoms with Crippen molar-refractivity contribution in [2.75, 3.05) is 57.5 Å². The summed E-state index contributed by atoms with van der Waals surface area (Å²) in [5.74, 6) is 0. The summed E-state index contributed by atoms with van der Waals surface area (Å²) in [5.41, 5.74) is 2.41. The van der Waals surface area contributed by atoms with Gasteiger partial charge < -0.3 is 29.9 Å².